The van der Waals surface area contributed by atoms with Gasteiger partial charge in [0.05, 0.1) is 0 Å². The zero-order valence-corrected chi connectivity index (χ0v) is 33.1. The van der Waals surface area contributed by atoms with Gasteiger partial charge in [-0.05, 0) is 87.1 Å². The number of furan rings is 1. The zero-order chi connectivity index (χ0) is 40.3. The van der Waals surface area contributed by atoms with Crippen LogP contribution in [0.2, 0.25) is 0 Å². The quantitative estimate of drug-likeness (QED) is 0.168. The SMILES string of the molecule is c1ccc(-c2ccc(N(c3ccc(-c4cccc5c4oc4ccccc45)cc3)c3ccc4c5c(ccc4c3)-c3ccccc3Oc3c(-c4ccccc4)cccc3-5)cc2)cc1. The molecule has 1 aliphatic heterocycles. The molecule has 3 nitrogen and oxygen atoms in total. The van der Waals surface area contributed by atoms with E-state index in [4.69, 9.17) is 9.15 Å². The number of fused-ring (bicyclic) bond motifs is 10. The van der Waals surface area contributed by atoms with Crippen LogP contribution in [-0.4, -0.2) is 0 Å². The van der Waals surface area contributed by atoms with E-state index in [0.717, 1.165) is 94.8 Å². The van der Waals surface area contributed by atoms with Gasteiger partial charge in [-0.25, -0.2) is 0 Å². The fraction of sp³-hybridized carbons (Fsp3) is 0. The molecule has 1 aliphatic rings. The lowest BCUT2D eigenvalue weighted by Crippen LogP contribution is -2.10. The highest BCUT2D eigenvalue weighted by Crippen LogP contribution is 2.52. The van der Waals surface area contributed by atoms with Crippen molar-refractivity contribution in [2.24, 2.45) is 0 Å². The lowest BCUT2D eigenvalue weighted by molar-refractivity contribution is 0.489. The lowest BCUT2D eigenvalue weighted by atomic mass is 9.88. The third-order valence-electron chi connectivity index (χ3n) is 12.1. The van der Waals surface area contributed by atoms with Gasteiger partial charge in [0, 0.05) is 55.7 Å². The van der Waals surface area contributed by atoms with E-state index in [2.05, 4.69) is 217 Å². The third-order valence-corrected chi connectivity index (χ3v) is 12.1. The van der Waals surface area contributed by atoms with E-state index in [9.17, 15) is 0 Å². The molecule has 0 atom stereocenters. The number of ether oxygens (including phenoxy) is 1. The Morgan fingerprint density at radius 3 is 1.70 bits per heavy atom. The molecule has 0 saturated heterocycles. The van der Waals surface area contributed by atoms with Crippen molar-refractivity contribution < 1.29 is 9.15 Å². The Labute approximate surface area is 354 Å². The molecule has 0 fully saturated rings. The van der Waals surface area contributed by atoms with E-state index in [1.165, 1.54) is 22.1 Å². The molecule has 10 aromatic carbocycles. The Morgan fingerprint density at radius 2 is 0.902 bits per heavy atom. The van der Waals surface area contributed by atoms with Crippen LogP contribution in [0.5, 0.6) is 11.5 Å². The second-order valence-corrected chi connectivity index (χ2v) is 15.6. The minimum Gasteiger partial charge on any atom is -0.455 e. The van der Waals surface area contributed by atoms with E-state index in [1.807, 2.05) is 12.1 Å². The highest BCUT2D eigenvalue weighted by Gasteiger charge is 2.26. The van der Waals surface area contributed by atoms with Crippen molar-refractivity contribution in [2.45, 2.75) is 0 Å². The third kappa shape index (κ3) is 5.90. The molecule has 61 heavy (non-hydrogen) atoms. The Bertz CT molecular complexity index is 3420. The maximum Gasteiger partial charge on any atom is 0.143 e. The average molecular weight is 780 g/mol. The van der Waals surface area contributed by atoms with Crippen LogP contribution >= 0.6 is 0 Å². The summed E-state index contributed by atoms with van der Waals surface area (Å²) in [5.41, 5.74) is 16.2. The molecule has 1 aromatic heterocycles. The molecule has 12 rings (SSSR count). The van der Waals surface area contributed by atoms with Crippen LogP contribution in [0, 0.1) is 0 Å². The summed E-state index contributed by atoms with van der Waals surface area (Å²) in [6.45, 7) is 0. The van der Waals surface area contributed by atoms with Gasteiger partial charge in [0.15, 0.2) is 0 Å². The van der Waals surface area contributed by atoms with Crippen molar-refractivity contribution in [3.8, 4) is 67.1 Å². The fourth-order valence-corrected chi connectivity index (χ4v) is 9.19. The average Bonchev–Trinajstić information content (AvgIpc) is 3.64. The van der Waals surface area contributed by atoms with Crippen LogP contribution in [0.3, 0.4) is 0 Å². The normalized spacial score (nSPS) is 11.7. The first-order valence-electron chi connectivity index (χ1n) is 20.7. The zero-order valence-electron chi connectivity index (χ0n) is 33.1. The molecule has 0 N–H and O–H groups in total. The first-order chi connectivity index (χ1) is 30.2. The van der Waals surface area contributed by atoms with Crippen molar-refractivity contribution in [3.63, 3.8) is 0 Å². The molecule has 0 spiro atoms. The first kappa shape index (κ1) is 34.9. The van der Waals surface area contributed by atoms with Gasteiger partial charge in [-0.3, -0.25) is 0 Å². The number of anilines is 3. The maximum atomic E-state index is 6.90. The van der Waals surface area contributed by atoms with Crippen molar-refractivity contribution in [2.75, 3.05) is 4.90 Å². The number of benzene rings is 10. The number of para-hydroxylation sites is 4. The maximum absolute atomic E-state index is 6.90. The summed E-state index contributed by atoms with van der Waals surface area (Å²) < 4.78 is 13.3. The molecule has 0 bridgehead atoms. The van der Waals surface area contributed by atoms with Gasteiger partial charge < -0.3 is 14.1 Å². The monoisotopic (exact) mass is 779 g/mol. The first-order valence-corrected chi connectivity index (χ1v) is 20.7. The summed E-state index contributed by atoms with van der Waals surface area (Å²) in [6.07, 6.45) is 0. The van der Waals surface area contributed by atoms with Gasteiger partial charge in [0.1, 0.15) is 22.7 Å². The second kappa shape index (κ2) is 14.3. The molecule has 11 aromatic rings. The summed E-state index contributed by atoms with van der Waals surface area (Å²) in [7, 11) is 0. The minimum absolute atomic E-state index is 0.854. The van der Waals surface area contributed by atoms with Crippen LogP contribution in [0.1, 0.15) is 0 Å². The molecule has 0 saturated carbocycles. The van der Waals surface area contributed by atoms with Crippen molar-refractivity contribution in [3.05, 3.63) is 224 Å². The smallest absolute Gasteiger partial charge is 0.143 e. The molecular formula is C58H37NO2. The number of hydrogen-bond donors (Lipinski definition) is 0. The van der Waals surface area contributed by atoms with Crippen molar-refractivity contribution in [1.82, 2.24) is 0 Å². The largest absolute Gasteiger partial charge is 0.455 e. The minimum atomic E-state index is 0.854. The molecule has 3 heteroatoms. The molecule has 2 heterocycles. The topological polar surface area (TPSA) is 25.6 Å². The van der Waals surface area contributed by atoms with Crippen LogP contribution in [0.25, 0.3) is 88.3 Å². The Hall–Kier alpha value is -8.14. The summed E-state index contributed by atoms with van der Waals surface area (Å²) >= 11 is 0. The number of nitrogens with zero attached hydrogens (tertiary/aromatic N) is 1. The predicted molar refractivity (Wildman–Crippen MR) is 253 cm³/mol. The van der Waals surface area contributed by atoms with Crippen molar-refractivity contribution >= 4 is 49.8 Å². The van der Waals surface area contributed by atoms with E-state index < -0.39 is 0 Å². The van der Waals surface area contributed by atoms with Crippen LogP contribution in [0.15, 0.2) is 229 Å². The summed E-state index contributed by atoms with van der Waals surface area (Å²) in [4.78, 5) is 2.35. The van der Waals surface area contributed by atoms with E-state index in [-0.39, 0.29) is 0 Å². The van der Waals surface area contributed by atoms with Gasteiger partial charge in [-0.15, -0.1) is 0 Å². The number of hydrogen-bond acceptors (Lipinski definition) is 3. The molecule has 286 valence electrons. The highest BCUT2D eigenvalue weighted by molar-refractivity contribution is 6.10. The Morgan fingerprint density at radius 1 is 0.328 bits per heavy atom. The Balaban J connectivity index is 1.01. The summed E-state index contributed by atoms with van der Waals surface area (Å²) in [5, 5.41) is 4.57. The van der Waals surface area contributed by atoms with Gasteiger partial charge in [-0.1, -0.05) is 176 Å². The van der Waals surface area contributed by atoms with Gasteiger partial charge in [0.2, 0.25) is 0 Å². The van der Waals surface area contributed by atoms with E-state index in [1.54, 1.807) is 0 Å². The molecule has 0 unspecified atom stereocenters. The lowest BCUT2D eigenvalue weighted by Gasteiger charge is -2.27. The Kier molecular flexibility index (Phi) is 8.17. The van der Waals surface area contributed by atoms with Crippen LogP contribution < -0.4 is 9.64 Å². The van der Waals surface area contributed by atoms with E-state index >= 15 is 0 Å². The highest BCUT2D eigenvalue weighted by atomic mass is 16.5. The predicted octanol–water partition coefficient (Wildman–Crippen LogP) is 16.6. The van der Waals surface area contributed by atoms with E-state index in [0.29, 0.717) is 0 Å². The second-order valence-electron chi connectivity index (χ2n) is 15.6. The van der Waals surface area contributed by atoms with Crippen molar-refractivity contribution in [1.29, 1.82) is 0 Å². The van der Waals surface area contributed by atoms with Gasteiger partial charge in [0.25, 0.3) is 0 Å². The van der Waals surface area contributed by atoms with Crippen LogP contribution in [-0.2, 0) is 0 Å². The summed E-state index contributed by atoms with van der Waals surface area (Å²) in [6, 6.07) is 79.8. The molecule has 0 aliphatic carbocycles. The van der Waals surface area contributed by atoms with Gasteiger partial charge >= 0.3 is 0 Å². The standard InChI is InChI=1S/C58H37NO2/c1-3-13-38(14-4-1)39-25-30-43(31-26-39)59(44-32-27-41(28-33-44)48-19-11-21-52-50-18-8-10-24-55(50)60-57(48)52)45-34-36-46-42(37-45)29-35-51-49-17-7-9-23-54(49)61-58-47(40-15-5-2-6-16-40)20-12-22-53(58)56(46)51/h1-37H. The number of rotatable bonds is 6. The molecule has 0 radical (unpaired) electrons. The molecule has 0 amide bonds. The summed E-state index contributed by atoms with van der Waals surface area (Å²) in [5.74, 6) is 1.72. The fourth-order valence-electron chi connectivity index (χ4n) is 9.19. The molecular weight excluding hydrogens is 743 g/mol. The van der Waals surface area contributed by atoms with Crippen LogP contribution in [0.4, 0.5) is 17.1 Å². The van der Waals surface area contributed by atoms with Gasteiger partial charge in [-0.2, -0.15) is 0 Å².